The number of unbranched alkanes of at least 4 members (excludes halogenated alkanes) is 21. The fourth-order valence-electron chi connectivity index (χ4n) is 4.68. The Hall–Kier alpha value is -1.91. The maximum atomic E-state index is 12.0. The Morgan fingerprint density at radius 2 is 0.861 bits per heavy atom. The molecule has 0 aliphatic rings. The minimum atomic E-state index is -0.633. The maximum Gasteiger partial charge on any atom is 0.338 e. The van der Waals surface area contributed by atoms with Crippen LogP contribution in [0.15, 0.2) is 12.1 Å². The minimum Gasteiger partial charge on any atom is -0.504 e. The molecule has 0 heterocycles. The van der Waals surface area contributed by atoms with Gasteiger partial charge in [-0.2, -0.15) is 0 Å². The second-order valence-corrected chi connectivity index (χ2v) is 10.4. The van der Waals surface area contributed by atoms with Crippen molar-refractivity contribution < 1.29 is 24.9 Å². The largest absolute Gasteiger partial charge is 0.504 e. The molecule has 0 spiro atoms. The second-order valence-electron chi connectivity index (χ2n) is 10.4. The van der Waals surface area contributed by atoms with Gasteiger partial charge in [0.2, 0.25) is 0 Å². The minimum absolute atomic E-state index is 0.0293. The molecule has 3 N–H and O–H groups in total. The van der Waals surface area contributed by atoms with Gasteiger partial charge in [0.25, 0.3) is 0 Å². The Labute approximate surface area is 220 Å². The summed E-state index contributed by atoms with van der Waals surface area (Å²) in [5, 5.41) is 28.3. The lowest BCUT2D eigenvalue weighted by atomic mass is 10.0. The lowest BCUT2D eigenvalue weighted by Gasteiger charge is -2.07. The maximum absolute atomic E-state index is 12.0. The fraction of sp³-hybridized carbons (Fsp3) is 0.774. The van der Waals surface area contributed by atoms with E-state index in [4.69, 9.17) is 4.74 Å². The smallest absolute Gasteiger partial charge is 0.338 e. The van der Waals surface area contributed by atoms with E-state index in [9.17, 15) is 20.1 Å². The standard InChI is InChI=1S/C31H54O5/c1-2-3-4-5-6-7-8-9-10-11-12-13-14-15-16-17-18-19-20-21-22-23-24-36-31(35)27-25-28(32)30(34)29(33)26-27/h25-26,32-34H,2-24H2,1H3. The zero-order valence-corrected chi connectivity index (χ0v) is 23.1. The summed E-state index contributed by atoms with van der Waals surface area (Å²) < 4.78 is 5.18. The monoisotopic (exact) mass is 506 g/mol. The van der Waals surface area contributed by atoms with Crippen molar-refractivity contribution >= 4 is 5.97 Å². The van der Waals surface area contributed by atoms with Gasteiger partial charge < -0.3 is 20.1 Å². The molecule has 0 saturated heterocycles. The third-order valence-corrected chi connectivity index (χ3v) is 7.04. The first kappa shape index (κ1) is 32.1. The number of benzene rings is 1. The van der Waals surface area contributed by atoms with Crippen LogP contribution in [0.5, 0.6) is 17.2 Å². The van der Waals surface area contributed by atoms with E-state index in [1.807, 2.05) is 0 Å². The highest BCUT2D eigenvalue weighted by molar-refractivity contribution is 5.91. The van der Waals surface area contributed by atoms with E-state index < -0.39 is 23.2 Å². The van der Waals surface area contributed by atoms with E-state index in [1.165, 1.54) is 122 Å². The van der Waals surface area contributed by atoms with E-state index in [1.54, 1.807) is 0 Å². The number of hydrogen-bond acceptors (Lipinski definition) is 5. The summed E-state index contributed by atoms with van der Waals surface area (Å²) in [6.45, 7) is 2.60. The number of phenolic OH excluding ortho intramolecular Hbond substituents is 3. The van der Waals surface area contributed by atoms with Gasteiger partial charge in [0.1, 0.15) is 0 Å². The van der Waals surface area contributed by atoms with E-state index in [0.29, 0.717) is 6.61 Å². The van der Waals surface area contributed by atoms with Crippen LogP contribution in [0.4, 0.5) is 0 Å². The van der Waals surface area contributed by atoms with Crippen molar-refractivity contribution in [1.29, 1.82) is 0 Å². The topological polar surface area (TPSA) is 87.0 Å². The molecule has 5 nitrogen and oxygen atoms in total. The highest BCUT2D eigenvalue weighted by Crippen LogP contribution is 2.35. The van der Waals surface area contributed by atoms with Gasteiger partial charge in [-0.15, -0.1) is 0 Å². The van der Waals surface area contributed by atoms with Gasteiger partial charge in [-0.25, -0.2) is 4.79 Å². The molecular weight excluding hydrogens is 452 g/mol. The SMILES string of the molecule is CCCCCCCCCCCCCCCCCCCCCCCCOC(=O)c1cc(O)c(O)c(O)c1. The number of carbonyl (C=O) groups excluding carboxylic acids is 1. The molecule has 36 heavy (non-hydrogen) atoms. The Morgan fingerprint density at radius 3 is 1.19 bits per heavy atom. The van der Waals surface area contributed by atoms with Gasteiger partial charge in [-0.3, -0.25) is 0 Å². The number of ether oxygens (including phenoxy) is 1. The molecule has 0 saturated carbocycles. The molecule has 0 unspecified atom stereocenters. The highest BCUT2D eigenvalue weighted by Gasteiger charge is 2.14. The third-order valence-electron chi connectivity index (χ3n) is 7.04. The average molecular weight is 507 g/mol. The van der Waals surface area contributed by atoms with Crippen LogP contribution in [0.3, 0.4) is 0 Å². The summed E-state index contributed by atoms with van der Waals surface area (Å²) in [4.78, 5) is 12.0. The molecule has 0 fully saturated rings. The molecule has 0 amide bonds. The van der Waals surface area contributed by atoms with Crippen molar-refractivity contribution in [2.24, 2.45) is 0 Å². The van der Waals surface area contributed by atoms with Crippen molar-refractivity contribution in [3.05, 3.63) is 17.7 Å². The average Bonchev–Trinajstić information content (AvgIpc) is 2.87. The molecule has 0 radical (unpaired) electrons. The third kappa shape index (κ3) is 16.7. The lowest BCUT2D eigenvalue weighted by molar-refractivity contribution is 0.0496. The van der Waals surface area contributed by atoms with Crippen LogP contribution in [0.25, 0.3) is 0 Å². The molecule has 0 aliphatic carbocycles. The Bertz CT molecular complexity index is 650. The van der Waals surface area contributed by atoms with E-state index >= 15 is 0 Å². The predicted octanol–water partition coefficient (Wildman–Crippen LogP) is 9.56. The first-order valence-corrected chi connectivity index (χ1v) is 15.0. The molecular formula is C31H54O5. The molecule has 0 atom stereocenters. The molecule has 5 heteroatoms. The van der Waals surface area contributed by atoms with Crippen LogP contribution >= 0.6 is 0 Å². The first-order valence-electron chi connectivity index (χ1n) is 15.0. The van der Waals surface area contributed by atoms with Crippen molar-refractivity contribution in [1.82, 2.24) is 0 Å². The van der Waals surface area contributed by atoms with Gasteiger partial charge in [0.15, 0.2) is 17.2 Å². The number of phenols is 3. The summed E-state index contributed by atoms with van der Waals surface area (Å²) in [5.41, 5.74) is 0.0293. The summed E-state index contributed by atoms with van der Waals surface area (Å²) in [5.74, 6) is -2.31. The molecule has 1 rings (SSSR count). The van der Waals surface area contributed by atoms with Gasteiger partial charge in [-0.05, 0) is 18.6 Å². The van der Waals surface area contributed by atoms with Crippen molar-refractivity contribution in [3.63, 3.8) is 0 Å². The van der Waals surface area contributed by atoms with Crippen LogP contribution in [0, 0.1) is 0 Å². The number of esters is 1. The van der Waals surface area contributed by atoms with Crippen molar-refractivity contribution in [2.75, 3.05) is 6.61 Å². The van der Waals surface area contributed by atoms with E-state index in [0.717, 1.165) is 31.4 Å². The van der Waals surface area contributed by atoms with Crippen LogP contribution in [0.1, 0.15) is 159 Å². The van der Waals surface area contributed by atoms with Crippen LogP contribution in [0.2, 0.25) is 0 Å². The van der Waals surface area contributed by atoms with Crippen LogP contribution in [-0.4, -0.2) is 27.9 Å². The normalized spacial score (nSPS) is 11.1. The summed E-state index contributed by atoms with van der Waals surface area (Å²) >= 11 is 0. The molecule has 0 aliphatic heterocycles. The van der Waals surface area contributed by atoms with Gasteiger partial charge in [0.05, 0.1) is 12.2 Å². The quantitative estimate of drug-likeness (QED) is 0.0738. The number of aromatic hydroxyl groups is 3. The van der Waals surface area contributed by atoms with E-state index in [2.05, 4.69) is 6.92 Å². The zero-order chi connectivity index (χ0) is 26.3. The van der Waals surface area contributed by atoms with Gasteiger partial charge >= 0.3 is 5.97 Å². The summed E-state index contributed by atoms with van der Waals surface area (Å²) in [6, 6.07) is 2.19. The van der Waals surface area contributed by atoms with Crippen LogP contribution < -0.4 is 0 Å². The lowest BCUT2D eigenvalue weighted by Crippen LogP contribution is -2.06. The fourth-order valence-corrected chi connectivity index (χ4v) is 4.68. The Balaban J connectivity index is 1.78. The molecule has 0 aromatic heterocycles. The number of rotatable bonds is 24. The molecule has 208 valence electrons. The first-order chi connectivity index (χ1) is 17.6. The van der Waals surface area contributed by atoms with E-state index in [-0.39, 0.29) is 5.56 Å². The zero-order valence-electron chi connectivity index (χ0n) is 23.1. The highest BCUT2D eigenvalue weighted by atomic mass is 16.5. The number of carbonyl (C=O) groups is 1. The molecule has 0 bridgehead atoms. The van der Waals surface area contributed by atoms with Gasteiger partial charge in [-0.1, -0.05) is 142 Å². The van der Waals surface area contributed by atoms with Crippen molar-refractivity contribution in [2.45, 2.75) is 148 Å². The molecule has 1 aromatic carbocycles. The Morgan fingerprint density at radius 1 is 0.556 bits per heavy atom. The molecule has 1 aromatic rings. The Kier molecular flexibility index (Phi) is 19.9. The predicted molar refractivity (Wildman–Crippen MR) is 149 cm³/mol. The van der Waals surface area contributed by atoms with Gasteiger partial charge in [0, 0.05) is 0 Å². The summed E-state index contributed by atoms with van der Waals surface area (Å²) in [6.07, 6.45) is 29.4. The van der Waals surface area contributed by atoms with Crippen molar-refractivity contribution in [3.8, 4) is 17.2 Å². The second kappa shape index (κ2) is 22.3. The summed E-state index contributed by atoms with van der Waals surface area (Å²) in [7, 11) is 0. The number of hydrogen-bond donors (Lipinski definition) is 3. The van der Waals surface area contributed by atoms with Crippen LogP contribution in [-0.2, 0) is 4.74 Å².